The predicted molar refractivity (Wildman–Crippen MR) is 70.4 cm³/mol. The molecule has 2 aromatic rings. The number of rotatable bonds is 3. The fourth-order valence-corrected chi connectivity index (χ4v) is 1.79. The van der Waals surface area contributed by atoms with Crippen LogP contribution in [0.4, 0.5) is 4.39 Å². The number of hydrogen-bond acceptors (Lipinski definition) is 3. The summed E-state index contributed by atoms with van der Waals surface area (Å²) < 4.78 is 18.9. The van der Waals surface area contributed by atoms with Gasteiger partial charge in [0.2, 0.25) is 5.88 Å². The van der Waals surface area contributed by atoms with Crippen molar-refractivity contribution in [3.05, 3.63) is 51.3 Å². The van der Waals surface area contributed by atoms with Gasteiger partial charge in [-0.3, -0.25) is 0 Å². The second-order valence-corrected chi connectivity index (χ2v) is 4.69. The van der Waals surface area contributed by atoms with Crippen LogP contribution in [0, 0.1) is 5.82 Å². The average Bonchev–Trinajstić information content (AvgIpc) is 2.36. The molecule has 0 bridgehead atoms. The summed E-state index contributed by atoms with van der Waals surface area (Å²) in [5.41, 5.74) is -0.135. The highest BCUT2D eigenvalue weighted by Gasteiger charge is 2.15. The van der Waals surface area contributed by atoms with Crippen molar-refractivity contribution in [2.45, 2.75) is 0 Å². The second kappa shape index (κ2) is 5.54. The maximum absolute atomic E-state index is 13.3. The first kappa shape index (κ1) is 13.8. The van der Waals surface area contributed by atoms with E-state index < -0.39 is 11.8 Å². The first-order chi connectivity index (χ1) is 8.99. The topological polar surface area (TPSA) is 59.4 Å². The molecule has 1 aromatic carbocycles. The van der Waals surface area contributed by atoms with Gasteiger partial charge in [-0.05, 0) is 34.1 Å². The lowest BCUT2D eigenvalue weighted by atomic mass is 10.2. The van der Waals surface area contributed by atoms with Gasteiger partial charge in [-0.1, -0.05) is 11.6 Å². The van der Waals surface area contributed by atoms with Gasteiger partial charge < -0.3 is 9.84 Å². The van der Waals surface area contributed by atoms with Crippen LogP contribution in [-0.2, 0) is 0 Å². The van der Waals surface area contributed by atoms with Gasteiger partial charge in [0.1, 0.15) is 16.6 Å². The lowest BCUT2D eigenvalue weighted by Gasteiger charge is -2.08. The number of halogens is 3. The molecule has 0 aliphatic rings. The molecular weight excluding hydrogens is 340 g/mol. The van der Waals surface area contributed by atoms with Crippen molar-refractivity contribution in [3.8, 4) is 11.6 Å². The number of carboxylic acids is 1. The highest BCUT2D eigenvalue weighted by molar-refractivity contribution is 9.10. The van der Waals surface area contributed by atoms with Gasteiger partial charge in [0.05, 0.1) is 10.0 Å². The summed E-state index contributed by atoms with van der Waals surface area (Å²) in [6.45, 7) is 0. The minimum absolute atomic E-state index is 0.0942. The van der Waals surface area contributed by atoms with E-state index in [1.165, 1.54) is 24.4 Å². The molecule has 0 unspecified atom stereocenters. The van der Waals surface area contributed by atoms with Crippen LogP contribution in [0.3, 0.4) is 0 Å². The zero-order valence-corrected chi connectivity index (χ0v) is 11.6. The van der Waals surface area contributed by atoms with Crippen molar-refractivity contribution < 1.29 is 19.0 Å². The van der Waals surface area contributed by atoms with E-state index in [2.05, 4.69) is 20.9 Å². The number of benzene rings is 1. The van der Waals surface area contributed by atoms with Gasteiger partial charge in [0.15, 0.2) is 0 Å². The van der Waals surface area contributed by atoms with E-state index in [0.29, 0.717) is 0 Å². The Morgan fingerprint density at radius 2 is 2.16 bits per heavy atom. The highest BCUT2D eigenvalue weighted by Crippen LogP contribution is 2.31. The summed E-state index contributed by atoms with van der Waals surface area (Å²) in [5, 5.41) is 8.76. The van der Waals surface area contributed by atoms with Crippen LogP contribution in [0.25, 0.3) is 0 Å². The van der Waals surface area contributed by atoms with Crippen molar-refractivity contribution in [2.75, 3.05) is 0 Å². The van der Waals surface area contributed by atoms with E-state index in [1.54, 1.807) is 0 Å². The second-order valence-electron chi connectivity index (χ2n) is 3.46. The molecule has 0 saturated carbocycles. The first-order valence-corrected chi connectivity index (χ1v) is 6.17. The van der Waals surface area contributed by atoms with Gasteiger partial charge in [-0.15, -0.1) is 0 Å². The van der Waals surface area contributed by atoms with Crippen molar-refractivity contribution >= 4 is 33.5 Å². The number of pyridine rings is 1. The number of carbonyl (C=O) groups is 1. The third kappa shape index (κ3) is 3.02. The van der Waals surface area contributed by atoms with Crippen LogP contribution < -0.4 is 4.74 Å². The van der Waals surface area contributed by atoms with Crippen LogP contribution in [-0.4, -0.2) is 16.1 Å². The molecule has 1 heterocycles. The van der Waals surface area contributed by atoms with Gasteiger partial charge in [0, 0.05) is 12.3 Å². The fourth-order valence-electron chi connectivity index (χ4n) is 1.31. The monoisotopic (exact) mass is 345 g/mol. The molecule has 0 fully saturated rings. The SMILES string of the molecule is O=C(O)c1ccnc(Oc2ccc(Br)c(F)c2)c1Cl. The highest BCUT2D eigenvalue weighted by atomic mass is 79.9. The molecule has 0 saturated heterocycles. The Labute approximate surface area is 120 Å². The molecule has 1 aromatic heterocycles. The van der Waals surface area contributed by atoms with Crippen LogP contribution in [0.2, 0.25) is 5.02 Å². The Kier molecular flexibility index (Phi) is 4.01. The number of aromatic nitrogens is 1. The van der Waals surface area contributed by atoms with E-state index >= 15 is 0 Å². The molecule has 0 spiro atoms. The summed E-state index contributed by atoms with van der Waals surface area (Å²) in [4.78, 5) is 14.7. The molecule has 7 heteroatoms. The average molecular weight is 347 g/mol. The number of carboxylic acid groups (broad SMARTS) is 1. The lowest BCUT2D eigenvalue weighted by molar-refractivity contribution is 0.0696. The molecular formula is C12H6BrClFNO3. The van der Waals surface area contributed by atoms with E-state index in [-0.39, 0.29) is 26.7 Å². The van der Waals surface area contributed by atoms with Crippen molar-refractivity contribution in [1.82, 2.24) is 4.98 Å². The van der Waals surface area contributed by atoms with E-state index in [0.717, 1.165) is 6.07 Å². The predicted octanol–water partition coefficient (Wildman–Crippen LogP) is 4.13. The van der Waals surface area contributed by atoms with Crippen LogP contribution >= 0.6 is 27.5 Å². The number of ether oxygens (including phenoxy) is 1. The summed E-state index contributed by atoms with van der Waals surface area (Å²) in [6.07, 6.45) is 1.25. The van der Waals surface area contributed by atoms with Crippen molar-refractivity contribution in [3.63, 3.8) is 0 Å². The molecule has 0 amide bonds. The van der Waals surface area contributed by atoms with E-state index in [4.69, 9.17) is 21.4 Å². The minimum atomic E-state index is -1.20. The number of hydrogen-bond donors (Lipinski definition) is 1. The summed E-state index contributed by atoms with van der Waals surface area (Å²) in [5.74, 6) is -1.64. The third-order valence-corrected chi connectivity index (χ3v) is 3.20. The molecule has 19 heavy (non-hydrogen) atoms. The smallest absolute Gasteiger partial charge is 0.337 e. The summed E-state index contributed by atoms with van der Waals surface area (Å²) in [7, 11) is 0. The van der Waals surface area contributed by atoms with Gasteiger partial charge in [-0.2, -0.15) is 0 Å². The van der Waals surface area contributed by atoms with Crippen molar-refractivity contribution in [2.24, 2.45) is 0 Å². The molecule has 2 rings (SSSR count). The molecule has 0 atom stereocenters. The van der Waals surface area contributed by atoms with Crippen LogP contribution in [0.15, 0.2) is 34.9 Å². The molecule has 1 N–H and O–H groups in total. The standard InChI is InChI=1S/C12H6BrClFNO3/c13-8-2-1-6(5-9(8)15)19-11-10(14)7(12(17)18)3-4-16-11/h1-5H,(H,17,18). The number of aromatic carboxylic acids is 1. The molecule has 98 valence electrons. The fraction of sp³-hybridized carbons (Fsp3) is 0. The van der Waals surface area contributed by atoms with E-state index in [9.17, 15) is 9.18 Å². The van der Waals surface area contributed by atoms with Gasteiger partial charge in [-0.25, -0.2) is 14.2 Å². The maximum atomic E-state index is 13.3. The zero-order chi connectivity index (χ0) is 14.0. The Morgan fingerprint density at radius 1 is 1.42 bits per heavy atom. The Morgan fingerprint density at radius 3 is 2.79 bits per heavy atom. The first-order valence-electron chi connectivity index (χ1n) is 4.99. The van der Waals surface area contributed by atoms with Crippen LogP contribution in [0.5, 0.6) is 11.6 Å². The third-order valence-electron chi connectivity index (χ3n) is 2.19. The van der Waals surface area contributed by atoms with Crippen LogP contribution in [0.1, 0.15) is 10.4 Å². The van der Waals surface area contributed by atoms with E-state index in [1.807, 2.05) is 0 Å². The molecule has 4 nitrogen and oxygen atoms in total. The quantitative estimate of drug-likeness (QED) is 0.908. The summed E-state index contributed by atoms with van der Waals surface area (Å²) in [6, 6.07) is 5.34. The normalized spacial score (nSPS) is 10.3. The number of nitrogens with zero attached hydrogens (tertiary/aromatic N) is 1. The lowest BCUT2D eigenvalue weighted by Crippen LogP contribution is -2.00. The Bertz CT molecular complexity index is 651. The van der Waals surface area contributed by atoms with Crippen molar-refractivity contribution in [1.29, 1.82) is 0 Å². The molecule has 0 radical (unpaired) electrons. The Hall–Kier alpha value is -1.66. The largest absolute Gasteiger partial charge is 0.478 e. The Balaban J connectivity index is 2.35. The van der Waals surface area contributed by atoms with Gasteiger partial charge >= 0.3 is 5.97 Å². The molecule has 0 aliphatic heterocycles. The zero-order valence-electron chi connectivity index (χ0n) is 9.23. The maximum Gasteiger partial charge on any atom is 0.337 e. The minimum Gasteiger partial charge on any atom is -0.478 e. The summed E-state index contributed by atoms with van der Waals surface area (Å²) >= 11 is 8.86. The molecule has 0 aliphatic carbocycles. The van der Waals surface area contributed by atoms with Gasteiger partial charge in [0.25, 0.3) is 0 Å².